The van der Waals surface area contributed by atoms with Crippen LogP contribution in [0, 0.1) is 6.92 Å². The SMILES string of the molecule is Cc1ccc(CCNC(=O)NCC(O)c2ccc(Cl)cc2)cn1. The van der Waals surface area contributed by atoms with Gasteiger partial charge >= 0.3 is 6.03 Å². The summed E-state index contributed by atoms with van der Waals surface area (Å²) >= 11 is 5.79. The number of aliphatic hydroxyl groups is 1. The number of pyridine rings is 1. The number of urea groups is 1. The first-order valence-corrected chi connectivity index (χ1v) is 7.79. The van der Waals surface area contributed by atoms with Crippen LogP contribution in [0.25, 0.3) is 0 Å². The minimum Gasteiger partial charge on any atom is -0.387 e. The van der Waals surface area contributed by atoms with Crippen molar-refractivity contribution in [3.63, 3.8) is 0 Å². The number of rotatable bonds is 6. The molecule has 1 atom stereocenters. The Morgan fingerprint density at radius 1 is 1.22 bits per heavy atom. The Balaban J connectivity index is 1.68. The lowest BCUT2D eigenvalue weighted by Gasteiger charge is -2.13. The molecule has 0 aliphatic rings. The number of benzene rings is 1. The summed E-state index contributed by atoms with van der Waals surface area (Å²) in [6.07, 6.45) is 1.75. The van der Waals surface area contributed by atoms with Gasteiger partial charge in [0.05, 0.1) is 6.10 Å². The highest BCUT2D eigenvalue weighted by Gasteiger charge is 2.09. The zero-order chi connectivity index (χ0) is 16.7. The van der Waals surface area contributed by atoms with Crippen LogP contribution < -0.4 is 10.6 Å². The van der Waals surface area contributed by atoms with Crippen LogP contribution in [-0.2, 0) is 6.42 Å². The van der Waals surface area contributed by atoms with E-state index in [0.717, 1.165) is 11.3 Å². The average Bonchev–Trinajstić information content (AvgIpc) is 2.55. The molecule has 2 rings (SSSR count). The highest BCUT2D eigenvalue weighted by Crippen LogP contribution is 2.15. The quantitative estimate of drug-likeness (QED) is 0.760. The summed E-state index contributed by atoms with van der Waals surface area (Å²) in [7, 11) is 0. The minimum absolute atomic E-state index is 0.138. The Labute approximate surface area is 140 Å². The van der Waals surface area contributed by atoms with E-state index in [1.54, 1.807) is 30.5 Å². The predicted molar refractivity (Wildman–Crippen MR) is 90.5 cm³/mol. The Morgan fingerprint density at radius 2 is 1.96 bits per heavy atom. The first-order valence-electron chi connectivity index (χ1n) is 7.41. The van der Waals surface area contributed by atoms with Crippen molar-refractivity contribution in [1.29, 1.82) is 0 Å². The van der Waals surface area contributed by atoms with E-state index in [-0.39, 0.29) is 12.6 Å². The highest BCUT2D eigenvalue weighted by atomic mass is 35.5. The second kappa shape index (κ2) is 8.50. The molecule has 0 fully saturated rings. The Bertz CT molecular complexity index is 629. The summed E-state index contributed by atoms with van der Waals surface area (Å²) in [5.74, 6) is 0. The largest absolute Gasteiger partial charge is 0.387 e. The lowest BCUT2D eigenvalue weighted by atomic mass is 10.1. The van der Waals surface area contributed by atoms with Gasteiger partial charge in [-0.3, -0.25) is 4.98 Å². The fourth-order valence-electron chi connectivity index (χ4n) is 2.02. The number of aryl methyl sites for hydroxylation is 1. The number of halogens is 1. The predicted octanol–water partition coefficient (Wildman–Crippen LogP) is 2.62. The van der Waals surface area contributed by atoms with Crippen molar-refractivity contribution in [3.8, 4) is 0 Å². The van der Waals surface area contributed by atoms with Crippen molar-refractivity contribution in [2.45, 2.75) is 19.4 Å². The van der Waals surface area contributed by atoms with E-state index in [1.165, 1.54) is 0 Å². The summed E-state index contributed by atoms with van der Waals surface area (Å²) in [5.41, 5.74) is 2.74. The summed E-state index contributed by atoms with van der Waals surface area (Å²) in [6, 6.07) is 10.5. The Kier molecular flexibility index (Phi) is 6.38. The molecule has 2 amide bonds. The maximum absolute atomic E-state index is 11.7. The highest BCUT2D eigenvalue weighted by molar-refractivity contribution is 6.30. The zero-order valence-corrected chi connectivity index (χ0v) is 13.7. The van der Waals surface area contributed by atoms with E-state index < -0.39 is 6.10 Å². The van der Waals surface area contributed by atoms with Gasteiger partial charge in [-0.25, -0.2) is 4.79 Å². The van der Waals surface area contributed by atoms with Crippen molar-refractivity contribution in [3.05, 3.63) is 64.4 Å². The van der Waals surface area contributed by atoms with Crippen LogP contribution in [0.4, 0.5) is 4.79 Å². The average molecular weight is 334 g/mol. The number of carbonyl (C=O) groups excluding carboxylic acids is 1. The lowest BCUT2D eigenvalue weighted by Crippen LogP contribution is -2.38. The molecule has 1 unspecified atom stereocenters. The molecule has 2 aromatic rings. The van der Waals surface area contributed by atoms with Crippen LogP contribution in [0.5, 0.6) is 0 Å². The fourth-order valence-corrected chi connectivity index (χ4v) is 2.15. The number of nitrogens with one attached hydrogen (secondary N) is 2. The standard InChI is InChI=1S/C17H20ClN3O2/c1-12-2-3-13(10-20-12)8-9-19-17(23)21-11-16(22)14-4-6-15(18)7-5-14/h2-7,10,16,22H,8-9,11H2,1H3,(H2,19,21,23). The third-order valence-electron chi connectivity index (χ3n) is 3.38. The van der Waals surface area contributed by atoms with Crippen LogP contribution in [0.1, 0.15) is 22.9 Å². The van der Waals surface area contributed by atoms with Gasteiger partial charge < -0.3 is 15.7 Å². The molecule has 0 saturated heterocycles. The van der Waals surface area contributed by atoms with Gasteiger partial charge in [0.2, 0.25) is 0 Å². The van der Waals surface area contributed by atoms with Crippen molar-refractivity contribution in [1.82, 2.24) is 15.6 Å². The number of hydrogen-bond acceptors (Lipinski definition) is 3. The topological polar surface area (TPSA) is 74.2 Å². The van der Waals surface area contributed by atoms with Gasteiger partial charge in [-0.15, -0.1) is 0 Å². The number of hydrogen-bond donors (Lipinski definition) is 3. The van der Waals surface area contributed by atoms with Crippen LogP contribution in [0.15, 0.2) is 42.6 Å². The van der Waals surface area contributed by atoms with E-state index >= 15 is 0 Å². The molecule has 1 heterocycles. The van der Waals surface area contributed by atoms with Gasteiger partial charge in [-0.2, -0.15) is 0 Å². The molecule has 0 saturated carbocycles. The van der Waals surface area contributed by atoms with Crippen LogP contribution >= 0.6 is 11.6 Å². The molecule has 0 spiro atoms. The molecule has 3 N–H and O–H groups in total. The summed E-state index contributed by atoms with van der Waals surface area (Å²) in [4.78, 5) is 15.9. The number of carbonyl (C=O) groups is 1. The monoisotopic (exact) mass is 333 g/mol. The maximum Gasteiger partial charge on any atom is 0.314 e. The second-order valence-electron chi connectivity index (χ2n) is 5.26. The van der Waals surface area contributed by atoms with E-state index in [4.69, 9.17) is 11.6 Å². The molecule has 0 radical (unpaired) electrons. The molecule has 23 heavy (non-hydrogen) atoms. The van der Waals surface area contributed by atoms with Gasteiger partial charge in [0.1, 0.15) is 0 Å². The first-order chi connectivity index (χ1) is 11.0. The van der Waals surface area contributed by atoms with Crippen molar-refractivity contribution in [2.75, 3.05) is 13.1 Å². The lowest BCUT2D eigenvalue weighted by molar-refractivity contribution is 0.173. The third kappa shape index (κ3) is 5.88. The molecule has 1 aromatic heterocycles. The van der Waals surface area contributed by atoms with E-state index in [0.29, 0.717) is 23.6 Å². The molecular weight excluding hydrogens is 314 g/mol. The first kappa shape index (κ1) is 17.2. The number of nitrogens with zero attached hydrogens (tertiary/aromatic N) is 1. The number of aliphatic hydroxyl groups excluding tert-OH is 1. The van der Waals surface area contributed by atoms with Crippen LogP contribution in [-0.4, -0.2) is 29.2 Å². The summed E-state index contributed by atoms with van der Waals surface area (Å²) in [5, 5.41) is 16.0. The van der Waals surface area contributed by atoms with Crippen molar-refractivity contribution >= 4 is 17.6 Å². The third-order valence-corrected chi connectivity index (χ3v) is 3.63. The second-order valence-corrected chi connectivity index (χ2v) is 5.70. The molecule has 122 valence electrons. The van der Waals surface area contributed by atoms with E-state index in [2.05, 4.69) is 15.6 Å². The Hall–Kier alpha value is -2.11. The van der Waals surface area contributed by atoms with Gasteiger partial charge in [-0.05, 0) is 42.7 Å². The van der Waals surface area contributed by atoms with Gasteiger partial charge in [0, 0.05) is 30.0 Å². The van der Waals surface area contributed by atoms with Crippen LogP contribution in [0.2, 0.25) is 5.02 Å². The van der Waals surface area contributed by atoms with E-state index in [9.17, 15) is 9.90 Å². The van der Waals surface area contributed by atoms with Crippen molar-refractivity contribution < 1.29 is 9.90 Å². The van der Waals surface area contributed by atoms with Gasteiger partial charge in [-0.1, -0.05) is 29.8 Å². The minimum atomic E-state index is -0.765. The molecular formula is C17H20ClN3O2. The normalized spacial score (nSPS) is 11.8. The van der Waals surface area contributed by atoms with Crippen LogP contribution in [0.3, 0.4) is 0 Å². The molecule has 1 aromatic carbocycles. The smallest absolute Gasteiger partial charge is 0.314 e. The maximum atomic E-state index is 11.7. The fraction of sp³-hybridized carbons (Fsp3) is 0.294. The number of amides is 2. The molecule has 5 nitrogen and oxygen atoms in total. The summed E-state index contributed by atoms with van der Waals surface area (Å²) in [6.45, 7) is 2.58. The van der Waals surface area contributed by atoms with Gasteiger partial charge in [0.15, 0.2) is 0 Å². The molecule has 0 aliphatic heterocycles. The number of aromatic nitrogens is 1. The molecule has 0 aliphatic carbocycles. The van der Waals surface area contributed by atoms with E-state index in [1.807, 2.05) is 19.1 Å². The summed E-state index contributed by atoms with van der Waals surface area (Å²) < 4.78 is 0. The Morgan fingerprint density at radius 3 is 2.61 bits per heavy atom. The zero-order valence-electron chi connectivity index (χ0n) is 12.9. The molecule has 0 bridgehead atoms. The van der Waals surface area contributed by atoms with Gasteiger partial charge in [0.25, 0.3) is 0 Å². The molecule has 6 heteroatoms. The van der Waals surface area contributed by atoms with Crippen molar-refractivity contribution in [2.24, 2.45) is 0 Å².